The Hall–Kier alpha value is -0.120. The Balaban J connectivity index is 1.43. The molecule has 0 spiro atoms. The molecule has 3 fully saturated rings. The lowest BCUT2D eigenvalue weighted by Gasteiger charge is -2.44. The van der Waals surface area contributed by atoms with Crippen molar-refractivity contribution in [1.29, 1.82) is 0 Å². The molecule has 1 saturated carbocycles. The van der Waals surface area contributed by atoms with Gasteiger partial charge in [-0.15, -0.1) is 0 Å². The Morgan fingerprint density at radius 1 is 1.00 bits per heavy atom. The van der Waals surface area contributed by atoms with Gasteiger partial charge in [0, 0.05) is 45.3 Å². The van der Waals surface area contributed by atoms with Crippen LogP contribution in [0.2, 0.25) is 0 Å². The first-order valence-electron chi connectivity index (χ1n) is 8.31. The van der Waals surface area contributed by atoms with Crippen LogP contribution in [0.1, 0.15) is 39.5 Å². The van der Waals surface area contributed by atoms with Gasteiger partial charge < -0.3 is 10.2 Å². The molecule has 3 heteroatoms. The summed E-state index contributed by atoms with van der Waals surface area (Å²) in [5.74, 6) is 1.05. The standard InChI is InChI=1S/C16H31N3/c1-16(2)6-3-7-17-15(16)13-19-10-8-18(9-11-19)12-14-4-5-14/h14-15,17H,3-13H2,1-2H3. The van der Waals surface area contributed by atoms with Crippen LogP contribution in [0, 0.1) is 11.3 Å². The van der Waals surface area contributed by atoms with Crippen molar-refractivity contribution in [3.63, 3.8) is 0 Å². The Bertz CT molecular complexity index is 290. The second kappa shape index (κ2) is 5.71. The van der Waals surface area contributed by atoms with Crippen LogP contribution in [0.3, 0.4) is 0 Å². The zero-order chi connectivity index (χ0) is 13.3. The van der Waals surface area contributed by atoms with Gasteiger partial charge in [0.05, 0.1) is 0 Å². The van der Waals surface area contributed by atoms with Crippen molar-refractivity contribution in [3.8, 4) is 0 Å². The Labute approximate surface area is 118 Å². The van der Waals surface area contributed by atoms with Crippen LogP contribution >= 0.6 is 0 Å². The van der Waals surface area contributed by atoms with Gasteiger partial charge in [0.25, 0.3) is 0 Å². The molecule has 0 aromatic rings. The van der Waals surface area contributed by atoms with Gasteiger partial charge in [-0.1, -0.05) is 13.8 Å². The summed E-state index contributed by atoms with van der Waals surface area (Å²) in [7, 11) is 0. The van der Waals surface area contributed by atoms with E-state index in [0.29, 0.717) is 11.5 Å². The van der Waals surface area contributed by atoms with Gasteiger partial charge in [0.1, 0.15) is 0 Å². The molecule has 1 atom stereocenters. The minimum atomic E-state index is 0.476. The van der Waals surface area contributed by atoms with Crippen molar-refractivity contribution >= 4 is 0 Å². The molecule has 0 radical (unpaired) electrons. The van der Waals surface area contributed by atoms with E-state index in [1.54, 1.807) is 0 Å². The number of piperidine rings is 1. The zero-order valence-corrected chi connectivity index (χ0v) is 12.8. The van der Waals surface area contributed by atoms with E-state index >= 15 is 0 Å². The molecule has 110 valence electrons. The van der Waals surface area contributed by atoms with E-state index in [1.807, 2.05) is 0 Å². The molecule has 2 aliphatic heterocycles. The molecule has 3 rings (SSSR count). The van der Waals surface area contributed by atoms with Crippen molar-refractivity contribution < 1.29 is 0 Å². The topological polar surface area (TPSA) is 18.5 Å². The molecule has 2 heterocycles. The third kappa shape index (κ3) is 3.71. The first kappa shape index (κ1) is 13.8. The van der Waals surface area contributed by atoms with Gasteiger partial charge in [-0.05, 0) is 43.6 Å². The third-order valence-electron chi connectivity index (χ3n) is 5.45. The lowest BCUT2D eigenvalue weighted by atomic mass is 9.77. The van der Waals surface area contributed by atoms with Crippen LogP contribution in [0.25, 0.3) is 0 Å². The van der Waals surface area contributed by atoms with Crippen molar-refractivity contribution in [2.24, 2.45) is 11.3 Å². The van der Waals surface area contributed by atoms with Crippen molar-refractivity contribution in [3.05, 3.63) is 0 Å². The summed E-state index contributed by atoms with van der Waals surface area (Å²) in [6.07, 6.45) is 5.70. The summed E-state index contributed by atoms with van der Waals surface area (Å²) in [5.41, 5.74) is 0.476. The van der Waals surface area contributed by atoms with E-state index in [1.165, 1.54) is 71.5 Å². The maximum Gasteiger partial charge on any atom is 0.0246 e. The molecule has 1 N–H and O–H groups in total. The number of nitrogens with zero attached hydrogens (tertiary/aromatic N) is 2. The predicted octanol–water partition coefficient (Wildman–Crippen LogP) is 1.79. The number of nitrogens with one attached hydrogen (secondary N) is 1. The average molecular weight is 265 g/mol. The van der Waals surface area contributed by atoms with Gasteiger partial charge in [-0.2, -0.15) is 0 Å². The van der Waals surface area contributed by atoms with Crippen LogP contribution < -0.4 is 5.32 Å². The highest BCUT2D eigenvalue weighted by Gasteiger charge is 2.34. The first-order valence-corrected chi connectivity index (χ1v) is 8.31. The molecule has 0 bridgehead atoms. The smallest absolute Gasteiger partial charge is 0.0246 e. The molecule has 3 aliphatic rings. The fraction of sp³-hybridized carbons (Fsp3) is 1.00. The lowest BCUT2D eigenvalue weighted by Crippen LogP contribution is -2.56. The van der Waals surface area contributed by atoms with E-state index in [-0.39, 0.29) is 0 Å². The quantitative estimate of drug-likeness (QED) is 0.836. The first-order chi connectivity index (χ1) is 9.13. The summed E-state index contributed by atoms with van der Waals surface area (Å²) in [6.45, 7) is 13.9. The van der Waals surface area contributed by atoms with Gasteiger partial charge >= 0.3 is 0 Å². The minimum Gasteiger partial charge on any atom is -0.312 e. The molecule has 0 aromatic carbocycles. The number of piperazine rings is 1. The van der Waals surface area contributed by atoms with E-state index < -0.39 is 0 Å². The van der Waals surface area contributed by atoms with Gasteiger partial charge in [-0.3, -0.25) is 4.90 Å². The molecular weight excluding hydrogens is 234 g/mol. The SMILES string of the molecule is CC1(C)CCCNC1CN1CCN(CC2CC2)CC1. The molecule has 2 saturated heterocycles. The largest absolute Gasteiger partial charge is 0.312 e. The highest BCUT2D eigenvalue weighted by molar-refractivity contribution is 4.91. The van der Waals surface area contributed by atoms with E-state index in [9.17, 15) is 0 Å². The van der Waals surface area contributed by atoms with Gasteiger partial charge in [-0.25, -0.2) is 0 Å². The fourth-order valence-corrected chi connectivity index (χ4v) is 3.66. The van der Waals surface area contributed by atoms with E-state index in [0.717, 1.165) is 5.92 Å². The molecule has 0 amide bonds. The Kier molecular flexibility index (Phi) is 4.16. The number of rotatable bonds is 4. The zero-order valence-electron chi connectivity index (χ0n) is 12.8. The normalized spacial score (nSPS) is 33.5. The van der Waals surface area contributed by atoms with Crippen LogP contribution in [0.4, 0.5) is 0 Å². The number of hydrogen-bond donors (Lipinski definition) is 1. The van der Waals surface area contributed by atoms with Crippen LogP contribution in [0.5, 0.6) is 0 Å². The van der Waals surface area contributed by atoms with Gasteiger partial charge in [0.2, 0.25) is 0 Å². The highest BCUT2D eigenvalue weighted by Crippen LogP contribution is 2.31. The van der Waals surface area contributed by atoms with Crippen LogP contribution in [0.15, 0.2) is 0 Å². The molecular formula is C16H31N3. The maximum absolute atomic E-state index is 3.75. The average Bonchev–Trinajstić information content (AvgIpc) is 3.18. The lowest BCUT2D eigenvalue weighted by molar-refractivity contribution is 0.0824. The van der Waals surface area contributed by atoms with E-state index in [2.05, 4.69) is 29.0 Å². The summed E-state index contributed by atoms with van der Waals surface area (Å²) >= 11 is 0. The maximum atomic E-state index is 3.75. The van der Waals surface area contributed by atoms with Crippen LogP contribution in [-0.2, 0) is 0 Å². The van der Waals surface area contributed by atoms with Gasteiger partial charge in [0.15, 0.2) is 0 Å². The second-order valence-corrected chi connectivity index (χ2v) is 7.64. The summed E-state index contributed by atoms with van der Waals surface area (Å²) < 4.78 is 0. The molecule has 3 nitrogen and oxygen atoms in total. The third-order valence-corrected chi connectivity index (χ3v) is 5.45. The van der Waals surface area contributed by atoms with Crippen LogP contribution in [-0.4, -0.2) is 61.7 Å². The molecule has 1 aliphatic carbocycles. The summed E-state index contributed by atoms with van der Waals surface area (Å²) in [4.78, 5) is 5.38. The molecule has 0 aromatic heterocycles. The Morgan fingerprint density at radius 2 is 1.63 bits per heavy atom. The minimum absolute atomic E-state index is 0.476. The van der Waals surface area contributed by atoms with Crippen molar-refractivity contribution in [2.75, 3.05) is 45.8 Å². The number of hydrogen-bond acceptors (Lipinski definition) is 3. The second-order valence-electron chi connectivity index (χ2n) is 7.64. The fourth-order valence-electron chi connectivity index (χ4n) is 3.66. The van der Waals surface area contributed by atoms with Crippen molar-refractivity contribution in [2.45, 2.75) is 45.6 Å². The summed E-state index contributed by atoms with van der Waals surface area (Å²) in [6, 6.07) is 0.691. The highest BCUT2D eigenvalue weighted by atomic mass is 15.3. The Morgan fingerprint density at radius 3 is 2.21 bits per heavy atom. The monoisotopic (exact) mass is 265 g/mol. The van der Waals surface area contributed by atoms with Crippen molar-refractivity contribution in [1.82, 2.24) is 15.1 Å². The summed E-state index contributed by atoms with van der Waals surface area (Å²) in [5, 5.41) is 3.75. The predicted molar refractivity (Wildman–Crippen MR) is 80.4 cm³/mol. The molecule has 19 heavy (non-hydrogen) atoms. The molecule has 1 unspecified atom stereocenters. The van der Waals surface area contributed by atoms with E-state index in [4.69, 9.17) is 0 Å².